The molecule has 0 heterocycles. The Hall–Kier alpha value is -3.28. The molecule has 2 amide bonds. The highest BCUT2D eigenvalue weighted by molar-refractivity contribution is 5.96. The van der Waals surface area contributed by atoms with Crippen molar-refractivity contribution in [2.45, 2.75) is 26.3 Å². The van der Waals surface area contributed by atoms with Crippen molar-refractivity contribution in [3.8, 4) is 5.75 Å². The van der Waals surface area contributed by atoms with Gasteiger partial charge in [0.25, 0.3) is 5.91 Å². The Morgan fingerprint density at radius 3 is 2.39 bits per heavy atom. The molecule has 0 bridgehead atoms. The van der Waals surface area contributed by atoms with Gasteiger partial charge in [0, 0.05) is 16.8 Å². The number of anilines is 2. The molecule has 3 N–H and O–H groups in total. The number of hydrogen-bond donors (Lipinski definition) is 3. The SMILES string of the molecule is C=CCOc1ccccc1NC(=O)CNc1ccc(C(=O)NC(C)(C)C)cc1. The van der Waals surface area contributed by atoms with E-state index in [4.69, 9.17) is 4.74 Å². The van der Waals surface area contributed by atoms with Crippen LogP contribution in [0.25, 0.3) is 0 Å². The Morgan fingerprint density at radius 2 is 1.75 bits per heavy atom. The fourth-order valence-corrected chi connectivity index (χ4v) is 2.37. The van der Waals surface area contributed by atoms with Gasteiger partial charge in [0.1, 0.15) is 12.4 Å². The number of rotatable bonds is 8. The number of benzene rings is 2. The molecule has 2 rings (SSSR count). The number of ether oxygens (including phenoxy) is 1. The number of para-hydroxylation sites is 2. The van der Waals surface area contributed by atoms with E-state index >= 15 is 0 Å². The van der Waals surface area contributed by atoms with Gasteiger partial charge in [-0.05, 0) is 57.2 Å². The molecule has 0 atom stereocenters. The molecule has 6 nitrogen and oxygen atoms in total. The van der Waals surface area contributed by atoms with E-state index in [1.165, 1.54) is 0 Å². The molecule has 2 aromatic rings. The normalized spacial score (nSPS) is 10.7. The average molecular weight is 381 g/mol. The smallest absolute Gasteiger partial charge is 0.251 e. The van der Waals surface area contributed by atoms with Crippen molar-refractivity contribution in [2.75, 3.05) is 23.8 Å². The van der Waals surface area contributed by atoms with Crippen molar-refractivity contribution >= 4 is 23.2 Å². The summed E-state index contributed by atoms with van der Waals surface area (Å²) in [5, 5.41) is 8.77. The molecule has 0 aliphatic carbocycles. The molecule has 0 aliphatic rings. The summed E-state index contributed by atoms with van der Waals surface area (Å²) in [7, 11) is 0. The summed E-state index contributed by atoms with van der Waals surface area (Å²) in [5.74, 6) is 0.252. The van der Waals surface area contributed by atoms with Gasteiger partial charge in [-0.1, -0.05) is 24.8 Å². The summed E-state index contributed by atoms with van der Waals surface area (Å²) in [5.41, 5.74) is 1.62. The van der Waals surface area contributed by atoms with Crippen LogP contribution >= 0.6 is 0 Å². The monoisotopic (exact) mass is 381 g/mol. The van der Waals surface area contributed by atoms with Crippen molar-refractivity contribution in [1.82, 2.24) is 5.32 Å². The van der Waals surface area contributed by atoms with Crippen LogP contribution in [0, 0.1) is 0 Å². The van der Waals surface area contributed by atoms with E-state index in [1.807, 2.05) is 32.9 Å². The van der Waals surface area contributed by atoms with Crippen molar-refractivity contribution in [1.29, 1.82) is 0 Å². The lowest BCUT2D eigenvalue weighted by Gasteiger charge is -2.20. The molecule has 0 saturated carbocycles. The minimum Gasteiger partial charge on any atom is -0.487 e. The van der Waals surface area contributed by atoms with E-state index in [-0.39, 0.29) is 23.9 Å². The molecular weight excluding hydrogens is 354 g/mol. The maximum Gasteiger partial charge on any atom is 0.251 e. The number of nitrogens with one attached hydrogen (secondary N) is 3. The highest BCUT2D eigenvalue weighted by Gasteiger charge is 2.15. The summed E-state index contributed by atoms with van der Waals surface area (Å²) < 4.78 is 5.53. The van der Waals surface area contributed by atoms with Gasteiger partial charge in [-0.3, -0.25) is 9.59 Å². The van der Waals surface area contributed by atoms with E-state index in [0.29, 0.717) is 23.6 Å². The van der Waals surface area contributed by atoms with Crippen LogP contribution in [0.1, 0.15) is 31.1 Å². The molecular formula is C22H27N3O3. The first-order valence-electron chi connectivity index (χ1n) is 9.07. The molecule has 6 heteroatoms. The van der Waals surface area contributed by atoms with Gasteiger partial charge in [-0.2, -0.15) is 0 Å². The van der Waals surface area contributed by atoms with Crippen molar-refractivity contribution in [2.24, 2.45) is 0 Å². The lowest BCUT2D eigenvalue weighted by Crippen LogP contribution is -2.40. The van der Waals surface area contributed by atoms with Crippen LogP contribution in [0.2, 0.25) is 0 Å². The van der Waals surface area contributed by atoms with E-state index in [0.717, 1.165) is 5.69 Å². The van der Waals surface area contributed by atoms with Crippen LogP contribution in [0.3, 0.4) is 0 Å². The van der Waals surface area contributed by atoms with Crippen molar-refractivity contribution < 1.29 is 14.3 Å². The minimum absolute atomic E-state index is 0.0866. The summed E-state index contributed by atoms with van der Waals surface area (Å²) in [6, 6.07) is 14.2. The lowest BCUT2D eigenvalue weighted by atomic mass is 10.1. The maximum absolute atomic E-state index is 12.2. The van der Waals surface area contributed by atoms with Crippen molar-refractivity contribution in [3.63, 3.8) is 0 Å². The van der Waals surface area contributed by atoms with Crippen LogP contribution in [0.5, 0.6) is 5.75 Å². The zero-order valence-corrected chi connectivity index (χ0v) is 16.5. The van der Waals surface area contributed by atoms with Crippen molar-refractivity contribution in [3.05, 3.63) is 66.7 Å². The zero-order chi connectivity index (χ0) is 20.6. The topological polar surface area (TPSA) is 79.5 Å². The third-order valence-corrected chi connectivity index (χ3v) is 3.61. The number of amides is 2. The highest BCUT2D eigenvalue weighted by Crippen LogP contribution is 2.23. The van der Waals surface area contributed by atoms with Gasteiger partial charge >= 0.3 is 0 Å². The molecule has 0 aromatic heterocycles. The van der Waals surface area contributed by atoms with Crippen LogP contribution in [-0.2, 0) is 4.79 Å². The fourth-order valence-electron chi connectivity index (χ4n) is 2.37. The molecule has 0 saturated heterocycles. The number of carbonyl (C=O) groups is 2. The Morgan fingerprint density at radius 1 is 1.07 bits per heavy atom. The Kier molecular flexibility index (Phi) is 7.21. The van der Waals surface area contributed by atoms with Gasteiger partial charge in [0.2, 0.25) is 5.91 Å². The fraction of sp³-hybridized carbons (Fsp3) is 0.273. The zero-order valence-electron chi connectivity index (χ0n) is 16.5. The number of hydrogen-bond acceptors (Lipinski definition) is 4. The second-order valence-corrected chi connectivity index (χ2v) is 7.28. The van der Waals surface area contributed by atoms with Gasteiger partial charge in [-0.25, -0.2) is 0 Å². The molecule has 2 aromatic carbocycles. The van der Waals surface area contributed by atoms with Gasteiger partial charge in [0.15, 0.2) is 0 Å². The Labute approximate surface area is 166 Å². The molecule has 0 spiro atoms. The predicted molar refractivity (Wildman–Crippen MR) is 113 cm³/mol. The molecule has 0 radical (unpaired) electrons. The Bertz CT molecular complexity index is 824. The average Bonchev–Trinajstić information content (AvgIpc) is 2.65. The molecule has 0 unspecified atom stereocenters. The van der Waals surface area contributed by atoms with E-state index < -0.39 is 0 Å². The second kappa shape index (κ2) is 9.60. The van der Waals surface area contributed by atoms with E-state index in [1.54, 1.807) is 42.5 Å². The maximum atomic E-state index is 12.2. The summed E-state index contributed by atoms with van der Waals surface area (Å²) >= 11 is 0. The van der Waals surface area contributed by atoms with Gasteiger partial charge in [0.05, 0.1) is 12.2 Å². The Balaban J connectivity index is 1.89. The van der Waals surface area contributed by atoms with Gasteiger partial charge < -0.3 is 20.7 Å². The van der Waals surface area contributed by atoms with E-state index in [2.05, 4.69) is 22.5 Å². The predicted octanol–water partition coefficient (Wildman–Crippen LogP) is 3.83. The summed E-state index contributed by atoms with van der Waals surface area (Å²) in [4.78, 5) is 24.4. The lowest BCUT2D eigenvalue weighted by molar-refractivity contribution is -0.114. The molecule has 28 heavy (non-hydrogen) atoms. The van der Waals surface area contributed by atoms with Gasteiger partial charge in [-0.15, -0.1) is 0 Å². The number of carbonyl (C=O) groups excluding carboxylic acids is 2. The largest absolute Gasteiger partial charge is 0.487 e. The minimum atomic E-state index is -0.294. The second-order valence-electron chi connectivity index (χ2n) is 7.28. The first kappa shape index (κ1) is 21.0. The molecule has 148 valence electrons. The summed E-state index contributed by atoms with van der Waals surface area (Å²) in [6.45, 7) is 9.86. The third-order valence-electron chi connectivity index (χ3n) is 3.61. The summed E-state index contributed by atoms with van der Waals surface area (Å²) in [6.07, 6.45) is 1.64. The standard InChI is InChI=1S/C22H27N3O3/c1-5-14-28-19-9-7-6-8-18(19)24-20(26)15-23-17-12-10-16(11-13-17)21(27)25-22(2,3)4/h5-13,23H,1,14-15H2,2-4H3,(H,24,26)(H,25,27). The quantitative estimate of drug-likeness (QED) is 0.607. The van der Waals surface area contributed by atoms with Crippen LogP contribution in [0.15, 0.2) is 61.2 Å². The van der Waals surface area contributed by atoms with Crippen LogP contribution in [0.4, 0.5) is 11.4 Å². The first-order valence-corrected chi connectivity index (χ1v) is 9.07. The molecule has 0 aliphatic heterocycles. The third kappa shape index (κ3) is 6.79. The van der Waals surface area contributed by atoms with E-state index in [9.17, 15) is 9.59 Å². The first-order chi connectivity index (χ1) is 13.3. The highest BCUT2D eigenvalue weighted by atomic mass is 16.5. The van der Waals surface area contributed by atoms with Crippen LogP contribution < -0.4 is 20.7 Å². The molecule has 0 fully saturated rings. The van der Waals surface area contributed by atoms with Crippen LogP contribution in [-0.4, -0.2) is 30.5 Å².